The van der Waals surface area contributed by atoms with Gasteiger partial charge >= 0.3 is 0 Å². The summed E-state index contributed by atoms with van der Waals surface area (Å²) in [7, 11) is 1.82. The van der Waals surface area contributed by atoms with E-state index in [0.717, 1.165) is 47.3 Å². The molecule has 1 aliphatic rings. The molecule has 3 heterocycles. The van der Waals surface area contributed by atoms with Gasteiger partial charge in [0.1, 0.15) is 11.4 Å². The smallest absolute Gasteiger partial charge is 0.262 e. The van der Waals surface area contributed by atoms with Crippen LogP contribution < -0.4 is 11.0 Å². The lowest BCUT2D eigenvalue weighted by atomic mass is 9.97. The van der Waals surface area contributed by atoms with Gasteiger partial charge in [-0.1, -0.05) is 0 Å². The molecule has 9 heteroatoms. The van der Waals surface area contributed by atoms with Crippen molar-refractivity contribution in [3.05, 3.63) is 44.6 Å². The van der Waals surface area contributed by atoms with E-state index in [1.54, 1.807) is 22.2 Å². The van der Waals surface area contributed by atoms with E-state index in [2.05, 4.69) is 20.6 Å². The summed E-state index contributed by atoms with van der Waals surface area (Å²) in [6.07, 6.45) is 8.98. The number of hydrogen-bond donors (Lipinski definition) is 1. The SMILES string of the molecule is Cc1nn(C)cc1/C=N/NC(=O)Cn1cnc2sc3c(c2c1=O)CCCC3. The van der Waals surface area contributed by atoms with Crippen molar-refractivity contribution in [1.29, 1.82) is 0 Å². The van der Waals surface area contributed by atoms with Crippen molar-refractivity contribution < 1.29 is 4.79 Å². The summed E-state index contributed by atoms with van der Waals surface area (Å²) < 4.78 is 3.03. The second-order valence-corrected chi connectivity index (χ2v) is 7.79. The van der Waals surface area contributed by atoms with Crippen molar-refractivity contribution >= 4 is 33.7 Å². The zero-order chi connectivity index (χ0) is 19.0. The molecule has 3 aromatic heterocycles. The first-order valence-electron chi connectivity index (χ1n) is 8.85. The zero-order valence-electron chi connectivity index (χ0n) is 15.2. The Labute approximate surface area is 159 Å². The molecule has 0 bridgehead atoms. The average molecular weight is 384 g/mol. The number of carbonyl (C=O) groups excluding carboxylic acids is 1. The first kappa shape index (κ1) is 17.6. The predicted molar refractivity (Wildman–Crippen MR) is 104 cm³/mol. The summed E-state index contributed by atoms with van der Waals surface area (Å²) in [5, 5.41) is 8.84. The van der Waals surface area contributed by atoms with E-state index in [-0.39, 0.29) is 18.0 Å². The standard InChI is InChI=1S/C18H20N6O2S/c1-11-12(8-23(2)22-11)7-20-21-15(25)9-24-10-19-17-16(18(24)26)13-5-3-4-6-14(13)27-17/h7-8,10H,3-6,9H2,1-2H3,(H,21,25)/b20-7+. The Hall–Kier alpha value is -2.81. The predicted octanol–water partition coefficient (Wildman–Crippen LogP) is 1.53. The maximum Gasteiger partial charge on any atom is 0.262 e. The van der Waals surface area contributed by atoms with Crippen LogP contribution in [0, 0.1) is 6.92 Å². The van der Waals surface area contributed by atoms with Gasteiger partial charge in [-0.05, 0) is 38.2 Å². The lowest BCUT2D eigenvalue weighted by molar-refractivity contribution is -0.121. The Kier molecular flexibility index (Phi) is 4.61. The van der Waals surface area contributed by atoms with Crippen LogP contribution in [0.3, 0.4) is 0 Å². The van der Waals surface area contributed by atoms with Gasteiger partial charge in [0.25, 0.3) is 11.5 Å². The van der Waals surface area contributed by atoms with Gasteiger partial charge < -0.3 is 0 Å². The Morgan fingerprint density at radius 3 is 3.00 bits per heavy atom. The van der Waals surface area contributed by atoms with Crippen LogP contribution in [0.5, 0.6) is 0 Å². The molecule has 0 aliphatic heterocycles. The highest BCUT2D eigenvalue weighted by Gasteiger charge is 2.20. The minimum Gasteiger partial charge on any atom is -0.289 e. The molecule has 0 saturated heterocycles. The molecule has 0 fully saturated rings. The number of nitrogens with zero attached hydrogens (tertiary/aromatic N) is 5. The second-order valence-electron chi connectivity index (χ2n) is 6.71. The van der Waals surface area contributed by atoms with Gasteiger partial charge in [0.15, 0.2) is 0 Å². The highest BCUT2D eigenvalue weighted by atomic mass is 32.1. The molecule has 140 valence electrons. The summed E-state index contributed by atoms with van der Waals surface area (Å²) in [6, 6.07) is 0. The van der Waals surface area contributed by atoms with Gasteiger partial charge in [0.2, 0.25) is 0 Å². The molecule has 8 nitrogen and oxygen atoms in total. The third-order valence-electron chi connectivity index (χ3n) is 4.70. The largest absolute Gasteiger partial charge is 0.289 e. The van der Waals surface area contributed by atoms with E-state index >= 15 is 0 Å². The number of thiophene rings is 1. The number of nitrogens with one attached hydrogen (secondary N) is 1. The van der Waals surface area contributed by atoms with Crippen molar-refractivity contribution in [2.45, 2.75) is 39.2 Å². The fourth-order valence-corrected chi connectivity index (χ4v) is 4.62. The van der Waals surface area contributed by atoms with Gasteiger partial charge in [0.05, 0.1) is 23.6 Å². The maximum atomic E-state index is 12.8. The van der Waals surface area contributed by atoms with Gasteiger partial charge in [-0.2, -0.15) is 10.2 Å². The van der Waals surface area contributed by atoms with Crippen molar-refractivity contribution in [2.75, 3.05) is 0 Å². The van der Waals surface area contributed by atoms with Crippen molar-refractivity contribution in [3.63, 3.8) is 0 Å². The molecule has 0 spiro atoms. The molecule has 0 atom stereocenters. The number of hydrogen-bond acceptors (Lipinski definition) is 6. The Bertz CT molecular complexity index is 1110. The van der Waals surface area contributed by atoms with E-state index in [0.29, 0.717) is 5.39 Å². The molecule has 1 aliphatic carbocycles. The Balaban J connectivity index is 1.51. The summed E-state index contributed by atoms with van der Waals surface area (Å²) in [4.78, 5) is 31.4. The third-order valence-corrected chi connectivity index (χ3v) is 5.90. The number of carbonyl (C=O) groups is 1. The lowest BCUT2D eigenvalue weighted by Gasteiger charge is -2.10. The quantitative estimate of drug-likeness (QED) is 0.545. The zero-order valence-corrected chi connectivity index (χ0v) is 16.0. The first-order chi connectivity index (χ1) is 13.0. The number of fused-ring (bicyclic) bond motifs is 3. The molecule has 0 unspecified atom stereocenters. The lowest BCUT2D eigenvalue weighted by Crippen LogP contribution is -2.30. The van der Waals surface area contributed by atoms with Gasteiger partial charge in [-0.15, -0.1) is 11.3 Å². The number of rotatable bonds is 4. The van der Waals surface area contributed by atoms with Crippen molar-refractivity contribution in [3.8, 4) is 0 Å². The topological polar surface area (TPSA) is 94.2 Å². The molecule has 0 saturated carbocycles. The van der Waals surface area contributed by atoms with Crippen LogP contribution in [0.25, 0.3) is 10.2 Å². The van der Waals surface area contributed by atoms with Crippen LogP contribution in [0.4, 0.5) is 0 Å². The highest BCUT2D eigenvalue weighted by Crippen LogP contribution is 2.33. The molecule has 4 rings (SSSR count). The number of aryl methyl sites for hydroxylation is 4. The Morgan fingerprint density at radius 1 is 1.41 bits per heavy atom. The maximum absolute atomic E-state index is 12.8. The molecule has 1 amide bonds. The van der Waals surface area contributed by atoms with Crippen molar-refractivity contribution in [1.82, 2.24) is 24.8 Å². The van der Waals surface area contributed by atoms with Gasteiger partial charge in [-0.3, -0.25) is 18.8 Å². The van der Waals surface area contributed by atoms with Crippen LogP contribution in [0.15, 0.2) is 22.4 Å². The number of hydrazone groups is 1. The fourth-order valence-electron chi connectivity index (χ4n) is 3.40. The molecule has 0 radical (unpaired) electrons. The molecule has 27 heavy (non-hydrogen) atoms. The summed E-state index contributed by atoms with van der Waals surface area (Å²) in [6.45, 7) is 1.75. The number of aromatic nitrogens is 4. The molecule has 1 N–H and O–H groups in total. The van der Waals surface area contributed by atoms with E-state index in [9.17, 15) is 9.59 Å². The van der Waals surface area contributed by atoms with Crippen molar-refractivity contribution in [2.24, 2.45) is 12.1 Å². The highest BCUT2D eigenvalue weighted by molar-refractivity contribution is 7.18. The van der Waals surface area contributed by atoms with Gasteiger partial charge in [-0.25, -0.2) is 10.4 Å². The second kappa shape index (κ2) is 7.07. The summed E-state index contributed by atoms with van der Waals surface area (Å²) in [5.41, 5.74) is 5.07. The van der Waals surface area contributed by atoms with E-state index in [4.69, 9.17) is 0 Å². The normalized spacial score (nSPS) is 14.0. The monoisotopic (exact) mass is 384 g/mol. The third kappa shape index (κ3) is 3.42. The molecular formula is C18H20N6O2S. The Morgan fingerprint density at radius 2 is 2.22 bits per heavy atom. The molecule has 3 aromatic rings. The first-order valence-corrected chi connectivity index (χ1v) is 9.66. The fraction of sp³-hybridized carbons (Fsp3) is 0.389. The van der Waals surface area contributed by atoms with Gasteiger partial charge in [0, 0.05) is 23.7 Å². The molecule has 0 aromatic carbocycles. The van der Waals surface area contributed by atoms with Crippen LogP contribution in [0.1, 0.15) is 34.5 Å². The van der Waals surface area contributed by atoms with Crippen LogP contribution in [-0.2, 0) is 31.2 Å². The summed E-state index contributed by atoms with van der Waals surface area (Å²) >= 11 is 1.60. The minimum absolute atomic E-state index is 0.115. The van der Waals surface area contributed by atoms with Crippen LogP contribution in [0.2, 0.25) is 0 Å². The minimum atomic E-state index is -0.375. The molecular weight excluding hydrogens is 364 g/mol. The van der Waals surface area contributed by atoms with Crippen LogP contribution in [-0.4, -0.2) is 31.5 Å². The van der Waals surface area contributed by atoms with E-state index in [1.165, 1.54) is 15.8 Å². The average Bonchev–Trinajstić information content (AvgIpc) is 3.17. The van der Waals surface area contributed by atoms with Crippen LogP contribution >= 0.6 is 11.3 Å². The summed E-state index contributed by atoms with van der Waals surface area (Å²) in [5.74, 6) is -0.375. The van der Waals surface area contributed by atoms with E-state index < -0.39 is 0 Å². The number of amides is 1. The van der Waals surface area contributed by atoms with E-state index in [1.807, 2.05) is 20.2 Å².